The molecule has 0 amide bonds. The first-order chi connectivity index (χ1) is 28.1. The van der Waals surface area contributed by atoms with Crippen molar-refractivity contribution in [3.63, 3.8) is 0 Å². The van der Waals surface area contributed by atoms with Gasteiger partial charge >= 0.3 is 0 Å². The Morgan fingerprint density at radius 1 is 0.333 bits per heavy atom. The van der Waals surface area contributed by atoms with Crippen LogP contribution in [-0.2, 0) is 0 Å². The van der Waals surface area contributed by atoms with Crippen molar-refractivity contribution in [2.24, 2.45) is 0 Å². The lowest BCUT2D eigenvalue weighted by Gasteiger charge is -2.26. The zero-order chi connectivity index (χ0) is 38.6. The van der Waals surface area contributed by atoms with Crippen molar-refractivity contribution >= 4 is 33.9 Å². The average Bonchev–Trinajstić information content (AvgIpc) is 3.28. The Bertz CT molecular complexity index is 2810. The second kappa shape index (κ2) is 15.9. The van der Waals surface area contributed by atoms with Crippen molar-refractivity contribution in [2.45, 2.75) is 13.8 Å². The normalized spacial score (nSPS) is 11.3. The van der Waals surface area contributed by atoms with E-state index in [1.807, 2.05) is 0 Å². The first-order valence-electron chi connectivity index (χ1n) is 19.7. The number of aryl methyl sites for hydroxylation is 1. The Morgan fingerprint density at radius 2 is 0.772 bits per heavy atom. The highest BCUT2D eigenvalue weighted by Gasteiger charge is 2.16. The summed E-state index contributed by atoms with van der Waals surface area (Å²) >= 11 is 0. The molecule has 0 fully saturated rings. The summed E-state index contributed by atoms with van der Waals surface area (Å²) in [5, 5.41) is 2.50. The van der Waals surface area contributed by atoms with Crippen molar-refractivity contribution in [3.8, 4) is 55.6 Å². The second-order valence-corrected chi connectivity index (χ2v) is 14.6. The Labute approximate surface area is 336 Å². The number of rotatable bonds is 9. The van der Waals surface area contributed by atoms with E-state index >= 15 is 0 Å². The van der Waals surface area contributed by atoms with Crippen LogP contribution in [0.5, 0.6) is 0 Å². The van der Waals surface area contributed by atoms with Gasteiger partial charge in [-0.3, -0.25) is 0 Å². The predicted molar refractivity (Wildman–Crippen MR) is 245 cm³/mol. The molecule has 272 valence electrons. The van der Waals surface area contributed by atoms with Crippen LogP contribution in [0.4, 0.5) is 17.1 Å². The number of allylic oxidation sites excluding steroid dienone is 1. The van der Waals surface area contributed by atoms with Gasteiger partial charge in [0.25, 0.3) is 0 Å². The van der Waals surface area contributed by atoms with Crippen LogP contribution in [0.15, 0.2) is 218 Å². The van der Waals surface area contributed by atoms with Gasteiger partial charge in [-0.25, -0.2) is 0 Å². The van der Waals surface area contributed by atoms with Crippen molar-refractivity contribution in [2.75, 3.05) is 4.90 Å². The van der Waals surface area contributed by atoms with Crippen LogP contribution >= 0.6 is 0 Å². The fourth-order valence-electron chi connectivity index (χ4n) is 7.90. The third-order valence-electron chi connectivity index (χ3n) is 10.9. The number of hydrogen-bond acceptors (Lipinski definition) is 1. The molecule has 57 heavy (non-hydrogen) atoms. The summed E-state index contributed by atoms with van der Waals surface area (Å²) in [5.74, 6) is 0. The molecule has 0 unspecified atom stereocenters. The van der Waals surface area contributed by atoms with E-state index in [0.717, 1.165) is 17.1 Å². The minimum Gasteiger partial charge on any atom is -0.311 e. The van der Waals surface area contributed by atoms with E-state index in [9.17, 15) is 0 Å². The molecule has 0 heterocycles. The smallest absolute Gasteiger partial charge is 0.0462 e. The van der Waals surface area contributed by atoms with Gasteiger partial charge in [0, 0.05) is 17.1 Å². The standard InChI is InChI=1S/C56H43N/c1-3-12-41-19-21-49(37-40(41)2)51-29-36-55(46-16-8-5-9-17-46)56(39-51)47-27-34-54(35-28-47)57(52-30-23-44(24-31-52)42-13-6-4-7-14-42)53-32-25-45(26-33-53)50-22-20-43-15-10-11-18-48(43)38-50/h3-39H,1-2H3/b12-3-. The van der Waals surface area contributed by atoms with E-state index in [4.69, 9.17) is 0 Å². The number of hydrogen-bond donors (Lipinski definition) is 0. The fraction of sp³-hybridized carbons (Fsp3) is 0.0357. The van der Waals surface area contributed by atoms with Crippen molar-refractivity contribution in [3.05, 3.63) is 230 Å². The molecule has 0 aromatic heterocycles. The Morgan fingerprint density at radius 3 is 1.39 bits per heavy atom. The van der Waals surface area contributed by atoms with Gasteiger partial charge in [0.05, 0.1) is 0 Å². The molecule has 0 saturated carbocycles. The lowest BCUT2D eigenvalue weighted by atomic mass is 9.90. The number of nitrogens with zero attached hydrogens (tertiary/aromatic N) is 1. The van der Waals surface area contributed by atoms with Gasteiger partial charge in [-0.15, -0.1) is 0 Å². The molecule has 0 N–H and O–H groups in total. The third kappa shape index (κ3) is 7.44. The molecule has 0 saturated heterocycles. The molecule has 0 bridgehead atoms. The molecule has 9 rings (SSSR count). The molecule has 0 atom stereocenters. The molecule has 9 aromatic carbocycles. The van der Waals surface area contributed by atoms with E-state index < -0.39 is 0 Å². The molecule has 0 aliphatic heterocycles. The molecular weight excluding hydrogens is 687 g/mol. The first-order valence-corrected chi connectivity index (χ1v) is 19.7. The van der Waals surface area contributed by atoms with Crippen molar-refractivity contribution in [1.29, 1.82) is 0 Å². The van der Waals surface area contributed by atoms with Crippen molar-refractivity contribution in [1.82, 2.24) is 0 Å². The summed E-state index contributed by atoms with van der Waals surface area (Å²) < 4.78 is 0. The van der Waals surface area contributed by atoms with E-state index in [0.29, 0.717) is 0 Å². The highest BCUT2D eigenvalue weighted by molar-refractivity contribution is 5.90. The highest BCUT2D eigenvalue weighted by atomic mass is 15.1. The topological polar surface area (TPSA) is 3.24 Å². The largest absolute Gasteiger partial charge is 0.311 e. The van der Waals surface area contributed by atoms with Gasteiger partial charge in [-0.1, -0.05) is 176 Å². The van der Waals surface area contributed by atoms with Crippen LogP contribution in [0.3, 0.4) is 0 Å². The molecule has 9 aromatic rings. The SMILES string of the molecule is C/C=C\c1ccc(-c2ccc(-c3ccccc3)c(-c3ccc(N(c4ccc(-c5ccccc5)cc4)c4ccc(-c5ccc6ccccc6c5)cc4)cc3)c2)cc1C. The lowest BCUT2D eigenvalue weighted by Crippen LogP contribution is -2.09. The summed E-state index contributed by atoms with van der Waals surface area (Å²) in [6.07, 6.45) is 4.27. The lowest BCUT2D eigenvalue weighted by molar-refractivity contribution is 1.28. The van der Waals surface area contributed by atoms with E-state index in [1.54, 1.807) is 0 Å². The number of benzene rings is 9. The maximum atomic E-state index is 2.35. The second-order valence-electron chi connectivity index (χ2n) is 14.6. The van der Waals surface area contributed by atoms with Gasteiger partial charge in [0.15, 0.2) is 0 Å². The summed E-state index contributed by atoms with van der Waals surface area (Å²) in [4.78, 5) is 2.35. The Kier molecular flexibility index (Phi) is 9.88. The predicted octanol–water partition coefficient (Wildman–Crippen LogP) is 16.0. The summed E-state index contributed by atoms with van der Waals surface area (Å²) in [5.41, 5.74) is 17.8. The third-order valence-corrected chi connectivity index (χ3v) is 10.9. The molecular formula is C56H43N. The zero-order valence-corrected chi connectivity index (χ0v) is 32.3. The summed E-state index contributed by atoms with van der Waals surface area (Å²) in [7, 11) is 0. The molecule has 0 aliphatic carbocycles. The minimum absolute atomic E-state index is 1.09. The molecule has 0 spiro atoms. The van der Waals surface area contributed by atoms with E-state index in [-0.39, 0.29) is 0 Å². The fourth-order valence-corrected chi connectivity index (χ4v) is 7.90. The highest BCUT2D eigenvalue weighted by Crippen LogP contribution is 2.40. The maximum Gasteiger partial charge on any atom is 0.0462 e. The quantitative estimate of drug-likeness (QED) is 0.143. The summed E-state index contributed by atoms with van der Waals surface area (Å²) in [6.45, 7) is 4.26. The Balaban J connectivity index is 1.11. The minimum atomic E-state index is 1.09. The molecule has 1 heteroatoms. The van der Waals surface area contributed by atoms with Crippen molar-refractivity contribution < 1.29 is 0 Å². The monoisotopic (exact) mass is 729 g/mol. The van der Waals surface area contributed by atoms with Crippen LogP contribution in [0.1, 0.15) is 18.1 Å². The average molecular weight is 730 g/mol. The van der Waals surface area contributed by atoms with Gasteiger partial charge in [-0.05, 0) is 140 Å². The number of fused-ring (bicyclic) bond motifs is 1. The first kappa shape index (κ1) is 35.5. The molecule has 0 aliphatic rings. The van der Waals surface area contributed by atoms with Crippen LogP contribution in [0.25, 0.3) is 72.5 Å². The zero-order valence-electron chi connectivity index (χ0n) is 32.3. The maximum absolute atomic E-state index is 2.35. The summed E-state index contributed by atoms with van der Waals surface area (Å²) in [6, 6.07) is 77.1. The molecule has 1 nitrogen and oxygen atoms in total. The van der Waals surface area contributed by atoms with Crippen LogP contribution in [0, 0.1) is 6.92 Å². The van der Waals surface area contributed by atoms with Gasteiger partial charge in [0.1, 0.15) is 0 Å². The number of anilines is 3. The van der Waals surface area contributed by atoms with Crippen LogP contribution in [0.2, 0.25) is 0 Å². The van der Waals surface area contributed by atoms with Gasteiger partial charge in [-0.2, -0.15) is 0 Å². The van der Waals surface area contributed by atoms with Crippen LogP contribution in [-0.4, -0.2) is 0 Å². The van der Waals surface area contributed by atoms with Gasteiger partial charge in [0.2, 0.25) is 0 Å². The molecule has 0 radical (unpaired) electrons. The Hall–Kier alpha value is -7.22. The van der Waals surface area contributed by atoms with Crippen LogP contribution < -0.4 is 4.90 Å². The van der Waals surface area contributed by atoms with E-state index in [2.05, 4.69) is 243 Å². The van der Waals surface area contributed by atoms with E-state index in [1.165, 1.54) is 77.5 Å². The van der Waals surface area contributed by atoms with Gasteiger partial charge < -0.3 is 4.90 Å².